The molecule has 4 aliphatic heterocycles. The molecule has 2 atom stereocenters. The molecule has 0 radical (unpaired) electrons. The first-order chi connectivity index (χ1) is 16.1. The molecule has 0 bridgehead atoms. The Balaban J connectivity index is 1.51. The third-order valence-electron chi connectivity index (χ3n) is 7.24. The highest BCUT2D eigenvalue weighted by Gasteiger charge is 2.42. The Bertz CT molecular complexity index is 1100. The highest BCUT2D eigenvalue weighted by molar-refractivity contribution is 5.77. The molecule has 6 rings (SSSR count). The Kier molecular flexibility index (Phi) is 5.16. The summed E-state index contributed by atoms with van der Waals surface area (Å²) in [6, 6.07) is 9.30. The van der Waals surface area contributed by atoms with Crippen LogP contribution >= 0.6 is 0 Å². The van der Waals surface area contributed by atoms with Crippen molar-refractivity contribution < 1.29 is 14.3 Å². The second kappa shape index (κ2) is 8.20. The molecule has 0 aromatic heterocycles. The Hall–Kier alpha value is -2.81. The number of ether oxygens (including phenoxy) is 1. The van der Waals surface area contributed by atoms with E-state index < -0.39 is 0 Å². The summed E-state index contributed by atoms with van der Waals surface area (Å²) in [4.78, 5) is 2.41. The van der Waals surface area contributed by atoms with E-state index >= 15 is 0 Å². The number of phenols is 1. The molecule has 2 aromatic rings. The van der Waals surface area contributed by atoms with Gasteiger partial charge in [-0.15, -0.1) is 4.48 Å². The van der Waals surface area contributed by atoms with E-state index in [0.717, 1.165) is 73.3 Å². The van der Waals surface area contributed by atoms with Crippen molar-refractivity contribution in [2.75, 3.05) is 25.1 Å². The summed E-state index contributed by atoms with van der Waals surface area (Å²) in [5.74, 6) is 0.234. The van der Waals surface area contributed by atoms with Gasteiger partial charge in [-0.2, -0.15) is 0 Å². The smallest absolute Gasteiger partial charge is 0.131 e. The second-order valence-electron chi connectivity index (χ2n) is 9.18. The van der Waals surface area contributed by atoms with Crippen LogP contribution in [0.4, 0.5) is 10.2 Å². The van der Waals surface area contributed by atoms with Crippen molar-refractivity contribution in [1.29, 1.82) is 0 Å². The van der Waals surface area contributed by atoms with E-state index in [0.29, 0.717) is 5.23 Å². The summed E-state index contributed by atoms with van der Waals surface area (Å²) >= 11 is 0. The molecule has 33 heavy (non-hydrogen) atoms. The van der Waals surface area contributed by atoms with Gasteiger partial charge in [0.05, 0.1) is 17.9 Å². The van der Waals surface area contributed by atoms with Gasteiger partial charge in [-0.25, -0.2) is 0 Å². The van der Waals surface area contributed by atoms with E-state index in [-0.39, 0.29) is 24.7 Å². The van der Waals surface area contributed by atoms with Gasteiger partial charge in [0.25, 0.3) is 0 Å². The first-order valence-electron chi connectivity index (χ1n) is 11.9. The highest BCUT2D eigenvalue weighted by atomic mass is 19.2. The number of benzene rings is 2. The lowest BCUT2D eigenvalue weighted by atomic mass is 9.87. The second-order valence-corrected chi connectivity index (χ2v) is 9.18. The van der Waals surface area contributed by atoms with Crippen molar-refractivity contribution in [3.63, 3.8) is 0 Å². The normalized spacial score (nSPS) is 24.6. The fourth-order valence-corrected chi connectivity index (χ4v) is 5.76. The lowest BCUT2D eigenvalue weighted by Gasteiger charge is -2.40. The summed E-state index contributed by atoms with van der Waals surface area (Å²) in [6.45, 7) is 4.76. The minimum absolute atomic E-state index is 0.0113. The molecule has 7 nitrogen and oxygen atoms in total. The van der Waals surface area contributed by atoms with Gasteiger partial charge < -0.3 is 25.4 Å². The molecule has 4 N–H and O–H groups in total. The number of anilines is 1. The molecule has 0 aliphatic carbocycles. The van der Waals surface area contributed by atoms with Crippen molar-refractivity contribution in [2.24, 2.45) is 0 Å². The summed E-state index contributed by atoms with van der Waals surface area (Å²) in [5, 5.41) is 17.7. The number of hydrogen-bond acceptors (Lipinski definition) is 7. The summed E-state index contributed by atoms with van der Waals surface area (Å²) < 4.78 is 20.8. The van der Waals surface area contributed by atoms with E-state index in [1.807, 2.05) is 18.2 Å². The third kappa shape index (κ3) is 3.44. The molecule has 0 amide bonds. The summed E-state index contributed by atoms with van der Waals surface area (Å²) in [5.41, 5.74) is 11.6. The fraction of sp³-hybridized carbons (Fsp3) is 0.440. The molecular weight excluding hydrogens is 421 g/mol. The molecular formula is C25H30FN5O2. The van der Waals surface area contributed by atoms with Crippen molar-refractivity contribution in [1.82, 2.24) is 20.8 Å². The van der Waals surface area contributed by atoms with Gasteiger partial charge in [0.2, 0.25) is 0 Å². The van der Waals surface area contributed by atoms with Crippen LogP contribution in [-0.4, -0.2) is 41.2 Å². The Labute approximate surface area is 193 Å². The van der Waals surface area contributed by atoms with E-state index in [4.69, 9.17) is 4.74 Å². The largest absolute Gasteiger partial charge is 0.508 e. The van der Waals surface area contributed by atoms with Gasteiger partial charge in [0.15, 0.2) is 0 Å². The van der Waals surface area contributed by atoms with Crippen LogP contribution < -0.4 is 16.1 Å². The van der Waals surface area contributed by atoms with E-state index in [2.05, 4.69) is 27.9 Å². The molecule has 2 unspecified atom stereocenters. The summed E-state index contributed by atoms with van der Waals surface area (Å²) in [6.07, 6.45) is 3.95. The number of nitrogens with one attached hydrogen (secondary N) is 3. The standard InChI is InChI=1S/C25H30FN5O2/c1-2-17-18(15-6-8-16(32)9-7-15)11-20-19(14-30(26)29-20)24(17)25-28-21-12-27-13-22(21)31(25)23-5-3-4-10-33-23/h6-9,11,23,25,27-29,32H,2-5,10,12-14H2,1H3. The topological polar surface area (TPSA) is 72.0 Å². The lowest BCUT2D eigenvalue weighted by molar-refractivity contribution is -0.0859. The van der Waals surface area contributed by atoms with Crippen molar-refractivity contribution in [3.8, 4) is 16.9 Å². The van der Waals surface area contributed by atoms with Crippen molar-refractivity contribution in [3.05, 3.63) is 58.4 Å². The maximum absolute atomic E-state index is 14.5. The van der Waals surface area contributed by atoms with Crippen LogP contribution in [0.25, 0.3) is 11.1 Å². The van der Waals surface area contributed by atoms with Crippen LogP contribution in [0.1, 0.15) is 49.0 Å². The van der Waals surface area contributed by atoms with Gasteiger partial charge in [0.1, 0.15) is 18.1 Å². The van der Waals surface area contributed by atoms with Gasteiger partial charge >= 0.3 is 0 Å². The van der Waals surface area contributed by atoms with Gasteiger partial charge in [0, 0.05) is 36.5 Å². The van der Waals surface area contributed by atoms with Gasteiger partial charge in [-0.3, -0.25) is 5.43 Å². The number of aromatic hydroxyl groups is 1. The van der Waals surface area contributed by atoms with Crippen LogP contribution in [0.2, 0.25) is 0 Å². The molecule has 174 valence electrons. The number of halogens is 1. The quantitative estimate of drug-likeness (QED) is 0.526. The maximum Gasteiger partial charge on any atom is 0.131 e. The van der Waals surface area contributed by atoms with Crippen LogP contribution in [-0.2, 0) is 17.7 Å². The minimum Gasteiger partial charge on any atom is -0.508 e. The number of fused-ring (bicyclic) bond motifs is 1. The first kappa shape index (κ1) is 20.8. The number of rotatable bonds is 4. The molecule has 0 saturated carbocycles. The van der Waals surface area contributed by atoms with Crippen LogP contribution in [0.5, 0.6) is 5.75 Å². The first-order valence-corrected chi connectivity index (χ1v) is 11.9. The zero-order chi connectivity index (χ0) is 22.5. The van der Waals surface area contributed by atoms with E-state index in [1.165, 1.54) is 17.0 Å². The van der Waals surface area contributed by atoms with Crippen LogP contribution in [0.3, 0.4) is 0 Å². The Morgan fingerprint density at radius 2 is 2.03 bits per heavy atom. The molecule has 4 heterocycles. The summed E-state index contributed by atoms with van der Waals surface area (Å²) in [7, 11) is 0. The minimum atomic E-state index is -0.103. The lowest BCUT2D eigenvalue weighted by Crippen LogP contribution is -2.44. The Morgan fingerprint density at radius 3 is 2.79 bits per heavy atom. The maximum atomic E-state index is 14.5. The highest BCUT2D eigenvalue weighted by Crippen LogP contribution is 2.46. The zero-order valence-electron chi connectivity index (χ0n) is 18.8. The SMILES string of the molecule is CCc1c(-c2ccc(O)cc2)cc2c(c1C1NC3=C(CNC3)N1C1CCCCO1)CN(F)N2. The molecule has 0 spiro atoms. The molecule has 1 saturated heterocycles. The average Bonchev–Trinajstić information content (AvgIpc) is 3.52. The molecule has 2 aromatic carbocycles. The number of nitrogens with zero attached hydrogens (tertiary/aromatic N) is 2. The number of hydrazine groups is 1. The van der Waals surface area contributed by atoms with Crippen molar-refractivity contribution in [2.45, 2.75) is 51.5 Å². The fourth-order valence-electron chi connectivity index (χ4n) is 5.76. The van der Waals surface area contributed by atoms with Crippen LogP contribution in [0.15, 0.2) is 41.7 Å². The van der Waals surface area contributed by atoms with Gasteiger partial charge in [-0.05, 0) is 60.6 Å². The van der Waals surface area contributed by atoms with Gasteiger partial charge in [-0.1, -0.05) is 24.3 Å². The number of phenolic OH excluding ortho intramolecular Hbond substituents is 1. The molecule has 4 aliphatic rings. The zero-order valence-corrected chi connectivity index (χ0v) is 18.8. The average molecular weight is 452 g/mol. The monoisotopic (exact) mass is 451 g/mol. The number of hydrogen-bond donors (Lipinski definition) is 4. The van der Waals surface area contributed by atoms with E-state index in [9.17, 15) is 9.59 Å². The predicted molar refractivity (Wildman–Crippen MR) is 124 cm³/mol. The van der Waals surface area contributed by atoms with Crippen molar-refractivity contribution >= 4 is 5.69 Å². The molecule has 1 fully saturated rings. The van der Waals surface area contributed by atoms with Crippen LogP contribution in [0, 0.1) is 0 Å². The predicted octanol–water partition coefficient (Wildman–Crippen LogP) is 3.89. The van der Waals surface area contributed by atoms with E-state index in [1.54, 1.807) is 12.1 Å². The Morgan fingerprint density at radius 1 is 1.18 bits per heavy atom. The molecule has 8 heteroatoms. The third-order valence-corrected chi connectivity index (χ3v) is 7.24.